The van der Waals surface area contributed by atoms with E-state index in [4.69, 9.17) is 11.2 Å². The number of carbonyl (C=O) groups is 3. The fraction of sp³-hybridized carbons (Fsp3) is 0.577. The quantitative estimate of drug-likeness (QED) is 0.530. The summed E-state index contributed by atoms with van der Waals surface area (Å²) in [6.45, 7) is 10.0. The summed E-state index contributed by atoms with van der Waals surface area (Å²) in [5.41, 5.74) is -0.322. The van der Waals surface area contributed by atoms with Gasteiger partial charge in [-0.2, -0.15) is 0 Å². The number of nitrogens with zero attached hydrogens (tertiary/aromatic N) is 1. The van der Waals surface area contributed by atoms with E-state index in [1.165, 1.54) is 4.90 Å². The molecular weight excluding hydrogens is 434 g/mol. The average molecular weight is 472 g/mol. The molecule has 186 valence electrons. The van der Waals surface area contributed by atoms with E-state index in [0.717, 1.165) is 6.42 Å². The van der Waals surface area contributed by atoms with Crippen LogP contribution < -0.4 is 10.6 Å². The Morgan fingerprint density at radius 2 is 1.79 bits per heavy atom. The Labute approximate surface area is 202 Å². The van der Waals surface area contributed by atoms with Crippen LogP contribution >= 0.6 is 0 Å². The predicted octanol–water partition coefficient (Wildman–Crippen LogP) is 2.89. The first-order valence-electron chi connectivity index (χ1n) is 11.6. The van der Waals surface area contributed by atoms with Gasteiger partial charge in [0, 0.05) is 17.1 Å². The van der Waals surface area contributed by atoms with Crippen LogP contribution in [0.4, 0.5) is 4.79 Å². The summed E-state index contributed by atoms with van der Waals surface area (Å²) in [6, 6.07) is 4.45. The largest absolute Gasteiger partial charge is 0.444 e. The van der Waals surface area contributed by atoms with Crippen molar-refractivity contribution in [1.82, 2.24) is 15.5 Å². The van der Waals surface area contributed by atoms with Crippen LogP contribution in [0, 0.1) is 12.3 Å². The molecule has 8 nitrogen and oxygen atoms in total. The summed E-state index contributed by atoms with van der Waals surface area (Å²) < 4.78 is 5.26. The number of hydrogen-bond acceptors (Lipinski definition) is 5. The highest BCUT2D eigenvalue weighted by molar-refractivity contribution is 5.93. The third-order valence-electron chi connectivity index (χ3n) is 5.33. The lowest BCUT2D eigenvalue weighted by Crippen LogP contribution is -2.59. The minimum absolute atomic E-state index is 0.233. The van der Waals surface area contributed by atoms with Crippen LogP contribution in [0.15, 0.2) is 24.3 Å². The maximum Gasteiger partial charge on any atom is 0.408 e. The van der Waals surface area contributed by atoms with Crippen molar-refractivity contribution >= 4 is 17.9 Å². The topological polar surface area (TPSA) is 108 Å². The molecule has 3 N–H and O–H groups in total. The monoisotopic (exact) mass is 471 g/mol. The van der Waals surface area contributed by atoms with Gasteiger partial charge in [0.25, 0.3) is 0 Å². The van der Waals surface area contributed by atoms with Gasteiger partial charge in [0.15, 0.2) is 0 Å². The molecule has 1 aliphatic rings. The van der Waals surface area contributed by atoms with E-state index < -0.39 is 41.8 Å². The zero-order chi connectivity index (χ0) is 25.7. The van der Waals surface area contributed by atoms with Crippen molar-refractivity contribution in [3.63, 3.8) is 0 Å². The number of amides is 3. The molecule has 1 aromatic rings. The molecule has 34 heavy (non-hydrogen) atoms. The number of alkyl carbamates (subject to hydrolysis) is 1. The van der Waals surface area contributed by atoms with Gasteiger partial charge in [0.05, 0.1) is 6.61 Å². The van der Waals surface area contributed by atoms with E-state index in [0.29, 0.717) is 24.0 Å². The van der Waals surface area contributed by atoms with E-state index in [1.54, 1.807) is 45.0 Å². The highest BCUT2D eigenvalue weighted by Crippen LogP contribution is 2.35. The Kier molecular flexibility index (Phi) is 8.73. The van der Waals surface area contributed by atoms with Crippen LogP contribution in [0.25, 0.3) is 0 Å². The van der Waals surface area contributed by atoms with Gasteiger partial charge in [0.1, 0.15) is 17.7 Å². The third-order valence-corrected chi connectivity index (χ3v) is 5.33. The van der Waals surface area contributed by atoms with Gasteiger partial charge in [-0.25, -0.2) is 4.79 Å². The van der Waals surface area contributed by atoms with Crippen LogP contribution in [0.1, 0.15) is 78.0 Å². The van der Waals surface area contributed by atoms with Gasteiger partial charge in [-0.1, -0.05) is 24.1 Å². The van der Waals surface area contributed by atoms with Crippen molar-refractivity contribution in [3.8, 4) is 12.3 Å². The Hall–Kier alpha value is -3.05. The van der Waals surface area contributed by atoms with Crippen molar-refractivity contribution < 1.29 is 24.2 Å². The molecule has 0 aliphatic heterocycles. The maximum absolute atomic E-state index is 13.8. The molecule has 0 aromatic heterocycles. The zero-order valence-corrected chi connectivity index (χ0v) is 21.0. The van der Waals surface area contributed by atoms with Crippen molar-refractivity contribution in [2.24, 2.45) is 0 Å². The van der Waals surface area contributed by atoms with E-state index in [-0.39, 0.29) is 11.9 Å². The summed E-state index contributed by atoms with van der Waals surface area (Å²) in [5.74, 6) is 1.65. The van der Waals surface area contributed by atoms with E-state index in [2.05, 4.69) is 16.6 Å². The number of carbonyl (C=O) groups excluding carboxylic acids is 3. The number of ether oxygens (including phenoxy) is 1. The SMILES string of the molecule is C#Cc1ccccc1C(C(=O)NC(C)(C)C)N(C(=O)C(CO)NC(=O)OC(C)(C)C)C1CCC1. The van der Waals surface area contributed by atoms with Gasteiger partial charge < -0.3 is 25.4 Å². The third kappa shape index (κ3) is 7.22. The average Bonchev–Trinajstić information content (AvgIpc) is 2.67. The minimum Gasteiger partial charge on any atom is -0.444 e. The van der Waals surface area contributed by atoms with Gasteiger partial charge >= 0.3 is 6.09 Å². The van der Waals surface area contributed by atoms with Crippen LogP contribution in [-0.4, -0.2) is 57.7 Å². The standard InChI is InChI=1S/C26H37N3O5/c1-8-17-12-9-10-15-19(17)21(22(31)28-25(2,3)4)29(18-13-11-14-18)23(32)20(16-30)27-24(33)34-26(5,6)7/h1,9-10,12,15,18,20-21,30H,11,13-14,16H2,2-7H3,(H,27,33)(H,28,31). The molecule has 1 aliphatic carbocycles. The molecule has 0 saturated heterocycles. The zero-order valence-electron chi connectivity index (χ0n) is 21.0. The number of aliphatic hydroxyl groups excluding tert-OH is 1. The summed E-state index contributed by atoms with van der Waals surface area (Å²) in [7, 11) is 0. The van der Waals surface area contributed by atoms with Crippen LogP contribution in [0.3, 0.4) is 0 Å². The second-order valence-electron chi connectivity index (χ2n) is 10.6. The minimum atomic E-state index is -1.28. The van der Waals surface area contributed by atoms with Crippen LogP contribution in [0.2, 0.25) is 0 Å². The molecule has 0 bridgehead atoms. The van der Waals surface area contributed by atoms with Gasteiger partial charge in [-0.15, -0.1) is 6.42 Å². The summed E-state index contributed by atoms with van der Waals surface area (Å²) >= 11 is 0. The Morgan fingerprint density at radius 1 is 1.18 bits per heavy atom. The molecule has 0 radical (unpaired) electrons. The second-order valence-corrected chi connectivity index (χ2v) is 10.6. The Bertz CT molecular complexity index is 935. The Morgan fingerprint density at radius 3 is 2.26 bits per heavy atom. The molecule has 0 spiro atoms. The van der Waals surface area contributed by atoms with E-state index in [1.807, 2.05) is 20.8 Å². The molecule has 0 heterocycles. The fourth-order valence-corrected chi connectivity index (χ4v) is 3.72. The number of hydrogen-bond donors (Lipinski definition) is 3. The van der Waals surface area contributed by atoms with Crippen LogP contribution in [0.5, 0.6) is 0 Å². The fourth-order valence-electron chi connectivity index (χ4n) is 3.72. The maximum atomic E-state index is 13.8. The number of rotatable bonds is 7. The lowest BCUT2D eigenvalue weighted by molar-refractivity contribution is -0.148. The van der Waals surface area contributed by atoms with Gasteiger partial charge in [-0.05, 0) is 72.4 Å². The molecule has 1 aromatic carbocycles. The number of benzene rings is 1. The molecular formula is C26H37N3O5. The van der Waals surface area contributed by atoms with Crippen molar-refractivity contribution in [3.05, 3.63) is 35.4 Å². The molecule has 8 heteroatoms. The van der Waals surface area contributed by atoms with Crippen molar-refractivity contribution in [2.75, 3.05) is 6.61 Å². The van der Waals surface area contributed by atoms with Gasteiger partial charge in [0.2, 0.25) is 11.8 Å². The Balaban J connectivity index is 2.51. The highest BCUT2D eigenvalue weighted by atomic mass is 16.6. The first kappa shape index (κ1) is 27.2. The normalized spacial score (nSPS) is 15.8. The first-order valence-corrected chi connectivity index (χ1v) is 11.6. The summed E-state index contributed by atoms with van der Waals surface area (Å²) in [6.07, 6.45) is 7.21. The smallest absolute Gasteiger partial charge is 0.408 e. The van der Waals surface area contributed by atoms with E-state index >= 15 is 0 Å². The summed E-state index contributed by atoms with van der Waals surface area (Å²) in [4.78, 5) is 41.2. The van der Waals surface area contributed by atoms with Crippen molar-refractivity contribution in [2.45, 2.75) is 90.1 Å². The molecule has 2 rings (SSSR count). The second kappa shape index (κ2) is 10.9. The number of aliphatic hydroxyl groups is 1. The predicted molar refractivity (Wildman–Crippen MR) is 130 cm³/mol. The number of terminal acetylenes is 1. The lowest BCUT2D eigenvalue weighted by atomic mass is 9.87. The highest BCUT2D eigenvalue weighted by Gasteiger charge is 2.43. The van der Waals surface area contributed by atoms with Crippen molar-refractivity contribution in [1.29, 1.82) is 0 Å². The summed E-state index contributed by atoms with van der Waals surface area (Å²) in [5, 5.41) is 15.4. The molecule has 3 amide bonds. The lowest BCUT2D eigenvalue weighted by Gasteiger charge is -2.44. The molecule has 2 unspecified atom stereocenters. The van der Waals surface area contributed by atoms with Gasteiger partial charge in [-0.3, -0.25) is 9.59 Å². The van der Waals surface area contributed by atoms with Crippen LogP contribution in [-0.2, 0) is 14.3 Å². The first-order chi connectivity index (χ1) is 15.8. The molecule has 1 fully saturated rings. The molecule has 1 saturated carbocycles. The van der Waals surface area contributed by atoms with E-state index in [9.17, 15) is 19.5 Å². The number of nitrogens with one attached hydrogen (secondary N) is 2. The molecule has 2 atom stereocenters.